The van der Waals surface area contributed by atoms with Crippen LogP contribution in [-0.4, -0.2) is 12.6 Å². The largest absolute Gasteiger partial charge is 0.466 e. The van der Waals surface area contributed by atoms with E-state index in [0.29, 0.717) is 19.6 Å². The minimum atomic E-state index is -0.150. The SMILES string of the molecule is CCOC(=O)[C@@H](CC)C[C@H](OCc1ccc(C)cc1)c1ccccc1. The molecule has 0 amide bonds. The molecule has 0 heterocycles. The van der Waals surface area contributed by atoms with Gasteiger partial charge in [0.15, 0.2) is 0 Å². The molecule has 2 rings (SSSR count). The van der Waals surface area contributed by atoms with Crippen molar-refractivity contribution in [3.05, 3.63) is 71.3 Å². The van der Waals surface area contributed by atoms with Crippen molar-refractivity contribution < 1.29 is 14.3 Å². The second-order valence-corrected chi connectivity index (χ2v) is 6.29. The summed E-state index contributed by atoms with van der Waals surface area (Å²) in [5.74, 6) is -0.284. The highest BCUT2D eigenvalue weighted by Crippen LogP contribution is 2.28. The molecule has 0 saturated heterocycles. The van der Waals surface area contributed by atoms with Gasteiger partial charge in [0.05, 0.1) is 25.2 Å². The van der Waals surface area contributed by atoms with Gasteiger partial charge in [-0.15, -0.1) is 0 Å². The van der Waals surface area contributed by atoms with Crippen molar-refractivity contribution in [1.29, 1.82) is 0 Å². The fourth-order valence-corrected chi connectivity index (χ4v) is 2.80. The van der Waals surface area contributed by atoms with Crippen molar-refractivity contribution in [1.82, 2.24) is 0 Å². The lowest BCUT2D eigenvalue weighted by Crippen LogP contribution is -2.21. The van der Waals surface area contributed by atoms with E-state index in [1.54, 1.807) is 0 Å². The van der Waals surface area contributed by atoms with Gasteiger partial charge in [-0.25, -0.2) is 0 Å². The van der Waals surface area contributed by atoms with E-state index in [-0.39, 0.29) is 18.0 Å². The Morgan fingerprint density at radius 3 is 2.28 bits per heavy atom. The molecule has 0 bridgehead atoms. The first-order chi connectivity index (χ1) is 12.1. The van der Waals surface area contributed by atoms with Crippen LogP contribution in [0.4, 0.5) is 0 Å². The molecule has 2 aromatic rings. The molecule has 0 unspecified atom stereocenters. The quantitative estimate of drug-likeness (QED) is 0.586. The fourth-order valence-electron chi connectivity index (χ4n) is 2.80. The molecule has 3 nitrogen and oxygen atoms in total. The van der Waals surface area contributed by atoms with Gasteiger partial charge >= 0.3 is 5.97 Å². The predicted molar refractivity (Wildman–Crippen MR) is 100 cm³/mol. The zero-order valence-corrected chi connectivity index (χ0v) is 15.4. The van der Waals surface area contributed by atoms with Crippen LogP contribution in [-0.2, 0) is 20.9 Å². The Hall–Kier alpha value is -2.13. The van der Waals surface area contributed by atoms with Crippen molar-refractivity contribution in [2.24, 2.45) is 5.92 Å². The molecule has 2 atom stereocenters. The molecule has 0 N–H and O–H groups in total. The molecule has 0 fully saturated rings. The Bertz CT molecular complexity index is 634. The van der Waals surface area contributed by atoms with Crippen LogP contribution in [0.15, 0.2) is 54.6 Å². The standard InChI is InChI=1S/C22H28O3/c1-4-19(22(23)24-5-2)15-21(20-9-7-6-8-10-20)25-16-18-13-11-17(3)12-14-18/h6-14,19,21H,4-5,15-16H2,1-3H3/t19-,21-/m0/s1. The number of carbonyl (C=O) groups excluding carboxylic acids is 1. The number of benzene rings is 2. The van der Waals surface area contributed by atoms with Gasteiger partial charge in [-0.3, -0.25) is 4.79 Å². The normalized spacial score (nSPS) is 13.2. The Balaban J connectivity index is 2.10. The second kappa shape index (κ2) is 10.00. The summed E-state index contributed by atoms with van der Waals surface area (Å²) in [4.78, 5) is 12.2. The highest BCUT2D eigenvalue weighted by molar-refractivity contribution is 5.72. The maximum absolute atomic E-state index is 12.2. The van der Waals surface area contributed by atoms with E-state index in [0.717, 1.165) is 17.5 Å². The van der Waals surface area contributed by atoms with Gasteiger partial charge in [0, 0.05) is 0 Å². The summed E-state index contributed by atoms with van der Waals surface area (Å²) in [5.41, 5.74) is 3.46. The monoisotopic (exact) mass is 340 g/mol. The second-order valence-electron chi connectivity index (χ2n) is 6.29. The topological polar surface area (TPSA) is 35.5 Å². The molecule has 0 spiro atoms. The highest BCUT2D eigenvalue weighted by Gasteiger charge is 2.24. The first kappa shape index (κ1) is 19.2. The number of rotatable bonds is 9. The number of esters is 1. The van der Waals surface area contributed by atoms with Crippen LogP contribution in [0.5, 0.6) is 0 Å². The Morgan fingerprint density at radius 2 is 1.68 bits per heavy atom. The summed E-state index contributed by atoms with van der Waals surface area (Å²) < 4.78 is 11.4. The van der Waals surface area contributed by atoms with Gasteiger partial charge in [-0.05, 0) is 37.8 Å². The first-order valence-corrected chi connectivity index (χ1v) is 9.02. The van der Waals surface area contributed by atoms with Crippen LogP contribution in [0, 0.1) is 12.8 Å². The number of hydrogen-bond donors (Lipinski definition) is 0. The van der Waals surface area contributed by atoms with Crippen molar-refractivity contribution in [2.45, 2.75) is 46.3 Å². The van der Waals surface area contributed by atoms with Gasteiger partial charge in [0.2, 0.25) is 0 Å². The third-order valence-corrected chi connectivity index (χ3v) is 4.35. The lowest BCUT2D eigenvalue weighted by Gasteiger charge is -2.23. The molecule has 0 aromatic heterocycles. The van der Waals surface area contributed by atoms with Crippen LogP contribution in [0.1, 0.15) is 49.5 Å². The van der Waals surface area contributed by atoms with E-state index in [1.807, 2.05) is 32.0 Å². The molecule has 25 heavy (non-hydrogen) atoms. The number of hydrogen-bond acceptors (Lipinski definition) is 3. The summed E-state index contributed by atoms with van der Waals surface area (Å²) in [6.07, 6.45) is 1.25. The Labute approximate surface area is 151 Å². The van der Waals surface area contributed by atoms with E-state index in [2.05, 4.69) is 43.3 Å². The third kappa shape index (κ3) is 6.02. The highest BCUT2D eigenvalue weighted by atomic mass is 16.5. The number of aryl methyl sites for hydroxylation is 1. The summed E-state index contributed by atoms with van der Waals surface area (Å²) in [5, 5.41) is 0. The van der Waals surface area contributed by atoms with Gasteiger partial charge in [0.25, 0.3) is 0 Å². The number of ether oxygens (including phenoxy) is 2. The number of carbonyl (C=O) groups is 1. The molecule has 0 radical (unpaired) electrons. The van der Waals surface area contributed by atoms with Crippen LogP contribution < -0.4 is 0 Å². The van der Waals surface area contributed by atoms with E-state index < -0.39 is 0 Å². The summed E-state index contributed by atoms with van der Waals surface area (Å²) in [7, 11) is 0. The summed E-state index contributed by atoms with van der Waals surface area (Å²) in [6, 6.07) is 18.4. The van der Waals surface area contributed by atoms with Gasteiger partial charge < -0.3 is 9.47 Å². The first-order valence-electron chi connectivity index (χ1n) is 9.02. The van der Waals surface area contributed by atoms with Crippen molar-refractivity contribution >= 4 is 5.97 Å². The van der Waals surface area contributed by atoms with Crippen molar-refractivity contribution in [3.8, 4) is 0 Å². The predicted octanol–water partition coefficient (Wildman–Crippen LogP) is 5.23. The van der Waals surface area contributed by atoms with Crippen molar-refractivity contribution in [3.63, 3.8) is 0 Å². The van der Waals surface area contributed by atoms with E-state index >= 15 is 0 Å². The average Bonchev–Trinajstić information content (AvgIpc) is 2.64. The van der Waals surface area contributed by atoms with E-state index in [9.17, 15) is 4.79 Å². The van der Waals surface area contributed by atoms with E-state index in [1.165, 1.54) is 5.56 Å². The maximum Gasteiger partial charge on any atom is 0.309 e. The molecule has 0 aliphatic rings. The minimum Gasteiger partial charge on any atom is -0.466 e. The molecule has 0 aliphatic heterocycles. The van der Waals surface area contributed by atoms with Crippen LogP contribution in [0.25, 0.3) is 0 Å². The zero-order valence-electron chi connectivity index (χ0n) is 15.4. The van der Waals surface area contributed by atoms with E-state index in [4.69, 9.17) is 9.47 Å². The molecule has 3 heteroatoms. The summed E-state index contributed by atoms with van der Waals surface area (Å²) in [6.45, 7) is 6.87. The van der Waals surface area contributed by atoms with Gasteiger partial charge in [0.1, 0.15) is 0 Å². The van der Waals surface area contributed by atoms with Crippen molar-refractivity contribution in [2.75, 3.05) is 6.61 Å². The maximum atomic E-state index is 12.2. The molecule has 2 aromatic carbocycles. The Morgan fingerprint density at radius 1 is 1.00 bits per heavy atom. The molecular formula is C22H28O3. The fraction of sp³-hybridized carbons (Fsp3) is 0.409. The minimum absolute atomic E-state index is 0.128. The van der Waals surface area contributed by atoms with Crippen LogP contribution >= 0.6 is 0 Å². The van der Waals surface area contributed by atoms with Crippen LogP contribution in [0.3, 0.4) is 0 Å². The average molecular weight is 340 g/mol. The molecule has 134 valence electrons. The van der Waals surface area contributed by atoms with Crippen LogP contribution in [0.2, 0.25) is 0 Å². The molecule has 0 aliphatic carbocycles. The third-order valence-electron chi connectivity index (χ3n) is 4.35. The molecule has 0 saturated carbocycles. The molecular weight excluding hydrogens is 312 g/mol. The van der Waals surface area contributed by atoms with Gasteiger partial charge in [-0.1, -0.05) is 67.1 Å². The zero-order chi connectivity index (χ0) is 18.1. The lowest BCUT2D eigenvalue weighted by atomic mass is 9.94. The summed E-state index contributed by atoms with van der Waals surface area (Å²) >= 11 is 0. The smallest absolute Gasteiger partial charge is 0.309 e. The lowest BCUT2D eigenvalue weighted by molar-refractivity contribution is -0.149. The van der Waals surface area contributed by atoms with Gasteiger partial charge in [-0.2, -0.15) is 0 Å². The Kier molecular flexibility index (Phi) is 7.68.